The summed E-state index contributed by atoms with van der Waals surface area (Å²) in [4.78, 5) is 29.9. The third-order valence-corrected chi connectivity index (χ3v) is 6.04. The highest BCUT2D eigenvalue weighted by atomic mass is 19.4. The molecule has 33 heavy (non-hydrogen) atoms. The molecule has 1 aromatic carbocycles. The molecule has 10 heteroatoms. The molecule has 2 N–H and O–H groups in total. The summed E-state index contributed by atoms with van der Waals surface area (Å²) >= 11 is 0. The fourth-order valence-electron chi connectivity index (χ4n) is 4.45. The van der Waals surface area contributed by atoms with Crippen molar-refractivity contribution in [1.29, 1.82) is 0 Å². The Kier molecular flexibility index (Phi) is 4.71. The second-order valence-electron chi connectivity index (χ2n) is 7.99. The lowest BCUT2D eigenvalue weighted by Gasteiger charge is -2.29. The van der Waals surface area contributed by atoms with Crippen molar-refractivity contribution in [3.63, 3.8) is 0 Å². The Hall–Kier alpha value is -3.79. The first kappa shape index (κ1) is 21.1. The fraction of sp³-hybridized carbons (Fsp3) is 0.217. The lowest BCUT2D eigenvalue weighted by atomic mass is 9.83. The third-order valence-electron chi connectivity index (χ3n) is 6.04. The van der Waals surface area contributed by atoms with Crippen molar-refractivity contribution in [1.82, 2.24) is 15.2 Å². The molecule has 3 aromatic rings. The Bertz CT molecular complexity index is 1400. The Morgan fingerprint density at radius 1 is 1.18 bits per heavy atom. The molecule has 0 bridgehead atoms. The van der Waals surface area contributed by atoms with Crippen LogP contribution in [0.3, 0.4) is 0 Å². The number of benzene rings is 1. The maximum absolute atomic E-state index is 13.8. The van der Waals surface area contributed by atoms with Gasteiger partial charge in [0.25, 0.3) is 11.5 Å². The Balaban J connectivity index is 1.56. The van der Waals surface area contributed by atoms with Gasteiger partial charge in [0.1, 0.15) is 0 Å². The molecule has 2 unspecified atom stereocenters. The van der Waals surface area contributed by atoms with Crippen LogP contribution in [-0.4, -0.2) is 38.0 Å². The highest BCUT2D eigenvalue weighted by Crippen LogP contribution is 2.51. The number of aromatic nitrogens is 3. The number of rotatable bonds is 3. The minimum absolute atomic E-state index is 0.0638. The van der Waals surface area contributed by atoms with Crippen LogP contribution in [0.1, 0.15) is 17.7 Å². The molecule has 3 heterocycles. The molecule has 2 atom stereocenters. The molecule has 2 aromatic heterocycles. The van der Waals surface area contributed by atoms with Crippen LogP contribution in [0.4, 0.5) is 18.9 Å². The molecule has 1 aliphatic heterocycles. The molecule has 0 spiro atoms. The zero-order chi connectivity index (χ0) is 23.4. The van der Waals surface area contributed by atoms with Crippen molar-refractivity contribution in [3.05, 3.63) is 88.3 Å². The summed E-state index contributed by atoms with van der Waals surface area (Å²) in [6.45, 7) is 0. The van der Waals surface area contributed by atoms with Crippen LogP contribution in [0.2, 0.25) is 0 Å². The van der Waals surface area contributed by atoms with Gasteiger partial charge in [0.05, 0.1) is 28.9 Å². The normalized spacial score (nSPS) is 22.5. The number of carbonyl (C=O) groups excluding carboxylic acids is 1. The minimum Gasteiger partial charge on any atom is -0.372 e. The van der Waals surface area contributed by atoms with Crippen LogP contribution in [0.5, 0.6) is 0 Å². The van der Waals surface area contributed by atoms with Crippen LogP contribution in [0.15, 0.2) is 71.4 Å². The third kappa shape index (κ3) is 3.17. The molecule has 1 aliphatic carbocycles. The first-order valence-electron chi connectivity index (χ1n) is 10.1. The van der Waals surface area contributed by atoms with Crippen LogP contribution < -0.4 is 10.5 Å². The average Bonchev–Trinajstić information content (AvgIpc) is 3.04. The highest BCUT2D eigenvalue weighted by Gasteiger charge is 2.70. The van der Waals surface area contributed by atoms with Gasteiger partial charge in [-0.25, -0.2) is 5.10 Å². The Labute approximate surface area is 184 Å². The van der Waals surface area contributed by atoms with E-state index in [2.05, 4.69) is 15.2 Å². The van der Waals surface area contributed by atoms with Gasteiger partial charge in [0.15, 0.2) is 0 Å². The van der Waals surface area contributed by atoms with E-state index in [0.717, 1.165) is 4.90 Å². The predicted octanol–water partition coefficient (Wildman–Crippen LogP) is 3.01. The number of pyridine rings is 1. The smallest absolute Gasteiger partial charge is 0.372 e. The summed E-state index contributed by atoms with van der Waals surface area (Å²) in [6, 6.07) is 8.45. The van der Waals surface area contributed by atoms with Gasteiger partial charge in [-0.15, -0.1) is 0 Å². The van der Waals surface area contributed by atoms with Crippen molar-refractivity contribution < 1.29 is 23.1 Å². The van der Waals surface area contributed by atoms with E-state index in [4.69, 9.17) is 0 Å². The summed E-state index contributed by atoms with van der Waals surface area (Å²) in [5, 5.41) is 18.2. The molecule has 5 rings (SSSR count). The summed E-state index contributed by atoms with van der Waals surface area (Å²) < 4.78 is 41.4. The van der Waals surface area contributed by atoms with Crippen LogP contribution in [0.25, 0.3) is 10.8 Å². The molecule has 1 amide bonds. The molecule has 1 fully saturated rings. The van der Waals surface area contributed by atoms with E-state index in [9.17, 15) is 27.9 Å². The highest BCUT2D eigenvalue weighted by molar-refractivity contribution is 6.06. The van der Waals surface area contributed by atoms with Gasteiger partial charge in [0.2, 0.25) is 5.60 Å². The lowest BCUT2D eigenvalue weighted by Crippen LogP contribution is -2.55. The molecule has 168 valence electrons. The minimum atomic E-state index is -5.14. The number of aliphatic hydroxyl groups is 1. The number of hydrogen-bond donors (Lipinski definition) is 2. The molecule has 0 saturated carbocycles. The molecular formula is C23H17F3N4O3. The van der Waals surface area contributed by atoms with Gasteiger partial charge < -0.3 is 5.11 Å². The van der Waals surface area contributed by atoms with E-state index in [1.165, 1.54) is 30.6 Å². The van der Waals surface area contributed by atoms with Gasteiger partial charge in [-0.05, 0) is 30.2 Å². The number of hydrogen-bond acceptors (Lipinski definition) is 5. The van der Waals surface area contributed by atoms with Gasteiger partial charge in [-0.3, -0.25) is 19.5 Å². The van der Waals surface area contributed by atoms with E-state index >= 15 is 0 Å². The van der Waals surface area contributed by atoms with E-state index in [0.29, 0.717) is 22.0 Å². The van der Waals surface area contributed by atoms with Crippen LogP contribution in [0, 0.1) is 5.92 Å². The number of halogens is 3. The van der Waals surface area contributed by atoms with Crippen molar-refractivity contribution in [3.8, 4) is 0 Å². The maximum atomic E-state index is 13.8. The number of aromatic amines is 1. The van der Waals surface area contributed by atoms with Crippen LogP contribution >= 0.6 is 0 Å². The monoisotopic (exact) mass is 454 g/mol. The summed E-state index contributed by atoms with van der Waals surface area (Å²) in [5.74, 6) is -2.90. The van der Waals surface area contributed by atoms with E-state index in [1.54, 1.807) is 30.3 Å². The predicted molar refractivity (Wildman–Crippen MR) is 113 cm³/mol. The fourth-order valence-corrected chi connectivity index (χ4v) is 4.45. The van der Waals surface area contributed by atoms with Gasteiger partial charge >= 0.3 is 6.18 Å². The quantitative estimate of drug-likeness (QED) is 0.634. The number of allylic oxidation sites excluding steroid dienone is 3. The van der Waals surface area contributed by atoms with Gasteiger partial charge in [-0.2, -0.15) is 18.3 Å². The molecular weight excluding hydrogens is 437 g/mol. The lowest BCUT2D eigenvalue weighted by molar-refractivity contribution is -0.257. The van der Waals surface area contributed by atoms with E-state index < -0.39 is 23.6 Å². The SMILES string of the molecule is O=C1N(c2cncc(Cc3n[nH]c(=O)c4ccccc34)c2)C2=CC=CCC2C1(O)C(F)(F)F. The number of fused-ring (bicyclic) bond motifs is 2. The van der Waals surface area contributed by atoms with Gasteiger partial charge in [0, 0.05) is 23.7 Å². The largest absolute Gasteiger partial charge is 0.427 e. The zero-order valence-electron chi connectivity index (χ0n) is 17.0. The zero-order valence-corrected chi connectivity index (χ0v) is 17.0. The number of alkyl halides is 3. The summed E-state index contributed by atoms with van der Waals surface area (Å²) in [6.07, 6.45) is 2.19. The summed E-state index contributed by atoms with van der Waals surface area (Å²) in [5.41, 5.74) is -2.57. The molecule has 0 radical (unpaired) electrons. The van der Waals surface area contributed by atoms with Crippen molar-refractivity contribution >= 4 is 22.4 Å². The molecule has 7 nitrogen and oxygen atoms in total. The first-order valence-corrected chi connectivity index (χ1v) is 10.1. The average molecular weight is 454 g/mol. The first-order chi connectivity index (χ1) is 15.7. The van der Waals surface area contributed by atoms with E-state index in [1.807, 2.05) is 0 Å². The van der Waals surface area contributed by atoms with Crippen molar-refractivity contribution in [2.24, 2.45) is 5.92 Å². The maximum Gasteiger partial charge on any atom is 0.427 e. The number of carbonyl (C=O) groups is 1. The van der Waals surface area contributed by atoms with Gasteiger partial charge in [-0.1, -0.05) is 30.4 Å². The molecule has 2 aliphatic rings. The number of amides is 1. The number of anilines is 1. The van der Waals surface area contributed by atoms with Crippen LogP contribution in [-0.2, 0) is 11.2 Å². The van der Waals surface area contributed by atoms with Crippen molar-refractivity contribution in [2.45, 2.75) is 24.6 Å². The topological polar surface area (TPSA) is 99.2 Å². The number of nitrogens with zero attached hydrogens (tertiary/aromatic N) is 3. The Morgan fingerprint density at radius 3 is 2.70 bits per heavy atom. The summed E-state index contributed by atoms with van der Waals surface area (Å²) in [7, 11) is 0. The van der Waals surface area contributed by atoms with Crippen molar-refractivity contribution in [2.75, 3.05) is 4.90 Å². The number of nitrogens with one attached hydrogen (secondary N) is 1. The second-order valence-corrected chi connectivity index (χ2v) is 7.99. The second kappa shape index (κ2) is 7.38. The molecule has 1 saturated heterocycles. The standard InChI is InChI=1S/C23H17F3N4O3/c24-23(25,26)22(33)17-7-3-4-8-19(17)30(21(22)32)14-9-13(11-27-12-14)10-18-15-5-1-2-6-16(15)20(31)29-28-18/h1-6,8-9,11-12,17,33H,7,10H2,(H,29,31). The Morgan fingerprint density at radius 2 is 1.94 bits per heavy atom. The number of H-pyrrole nitrogens is 1. The van der Waals surface area contributed by atoms with E-state index in [-0.39, 0.29) is 29.8 Å².